The quantitative estimate of drug-likeness (QED) is 0.613. The maximum atomic E-state index is 12.4. The lowest BCUT2D eigenvalue weighted by Crippen LogP contribution is -2.55. The Kier molecular flexibility index (Phi) is 4.43. The van der Waals surface area contributed by atoms with Crippen LogP contribution >= 0.6 is 0 Å². The van der Waals surface area contributed by atoms with Gasteiger partial charge in [-0.3, -0.25) is 9.59 Å². The smallest absolute Gasteiger partial charge is 0.315 e. The van der Waals surface area contributed by atoms with Crippen LogP contribution in [0.2, 0.25) is 0 Å². The van der Waals surface area contributed by atoms with Crippen LogP contribution in [0.4, 0.5) is 4.79 Å². The molecule has 3 saturated heterocycles. The fourth-order valence-corrected chi connectivity index (χ4v) is 3.86. The molecule has 0 unspecified atom stereocenters. The van der Waals surface area contributed by atoms with Gasteiger partial charge in [0.2, 0.25) is 11.8 Å². The molecule has 3 heterocycles. The number of nitrogens with one attached hydrogen (secondary N) is 2. The Morgan fingerprint density at radius 3 is 2.61 bits per heavy atom. The number of carbonyl (C=O) groups excluding carboxylic acids is 3. The SMILES string of the molecule is O=C1NC[C@@H](C(=O)N2CCC3(CCC(=O)N(CCO)C3)CC2)N1. The first-order chi connectivity index (χ1) is 11.0. The number of aliphatic hydroxyl groups is 1. The van der Waals surface area contributed by atoms with E-state index < -0.39 is 6.04 Å². The van der Waals surface area contributed by atoms with E-state index in [1.807, 2.05) is 4.90 Å². The Morgan fingerprint density at radius 1 is 1.26 bits per heavy atom. The zero-order valence-electron chi connectivity index (χ0n) is 13.2. The summed E-state index contributed by atoms with van der Waals surface area (Å²) in [6.07, 6.45) is 3.11. The number of rotatable bonds is 3. The molecular weight excluding hydrogens is 300 g/mol. The van der Waals surface area contributed by atoms with Crippen molar-refractivity contribution in [3.05, 3.63) is 0 Å². The van der Waals surface area contributed by atoms with Crippen LogP contribution in [0.15, 0.2) is 0 Å². The second kappa shape index (κ2) is 6.35. The van der Waals surface area contributed by atoms with Crippen molar-refractivity contribution < 1.29 is 19.5 Å². The van der Waals surface area contributed by atoms with Gasteiger partial charge in [-0.05, 0) is 24.7 Å². The molecule has 128 valence electrons. The number of piperidine rings is 2. The van der Waals surface area contributed by atoms with E-state index in [-0.39, 0.29) is 29.9 Å². The molecule has 1 spiro atoms. The first-order valence-corrected chi connectivity index (χ1v) is 8.25. The molecule has 1 atom stereocenters. The van der Waals surface area contributed by atoms with Crippen LogP contribution in [-0.4, -0.2) is 78.1 Å². The number of likely N-dealkylation sites (tertiary alicyclic amines) is 2. The van der Waals surface area contributed by atoms with Gasteiger partial charge in [0.1, 0.15) is 6.04 Å². The molecule has 23 heavy (non-hydrogen) atoms. The predicted molar refractivity (Wildman–Crippen MR) is 81.5 cm³/mol. The molecule has 3 rings (SSSR count). The Balaban J connectivity index is 1.56. The number of hydrogen-bond acceptors (Lipinski definition) is 4. The zero-order chi connectivity index (χ0) is 16.4. The number of β-amino-alcohol motifs (C(OH)–C–C–N with tert-alkyl or cyclic N) is 1. The molecule has 3 fully saturated rings. The Morgan fingerprint density at radius 2 is 2.00 bits per heavy atom. The highest BCUT2D eigenvalue weighted by molar-refractivity contribution is 5.90. The van der Waals surface area contributed by atoms with Gasteiger partial charge in [-0.1, -0.05) is 0 Å². The molecule has 8 nitrogen and oxygen atoms in total. The minimum absolute atomic E-state index is 0.0131. The largest absolute Gasteiger partial charge is 0.395 e. The average molecular weight is 324 g/mol. The van der Waals surface area contributed by atoms with Crippen molar-refractivity contribution in [1.82, 2.24) is 20.4 Å². The molecule has 3 aliphatic rings. The summed E-state index contributed by atoms with van der Waals surface area (Å²) in [5.41, 5.74) is 0.0665. The lowest BCUT2D eigenvalue weighted by atomic mass is 9.72. The van der Waals surface area contributed by atoms with Crippen LogP contribution in [-0.2, 0) is 9.59 Å². The molecule has 0 bridgehead atoms. The number of carbonyl (C=O) groups is 3. The maximum absolute atomic E-state index is 12.4. The van der Waals surface area contributed by atoms with Crippen molar-refractivity contribution in [3.8, 4) is 0 Å². The Hall–Kier alpha value is -1.83. The normalized spacial score (nSPS) is 27.1. The number of nitrogens with zero attached hydrogens (tertiary/aromatic N) is 2. The van der Waals surface area contributed by atoms with Gasteiger partial charge in [-0.15, -0.1) is 0 Å². The molecule has 3 N–H and O–H groups in total. The van der Waals surface area contributed by atoms with Gasteiger partial charge in [0.15, 0.2) is 0 Å². The van der Waals surface area contributed by atoms with Crippen LogP contribution < -0.4 is 10.6 Å². The summed E-state index contributed by atoms with van der Waals surface area (Å²) in [5.74, 6) is 0.0835. The number of amides is 4. The molecule has 3 aliphatic heterocycles. The monoisotopic (exact) mass is 324 g/mol. The third-order valence-corrected chi connectivity index (χ3v) is 5.32. The minimum atomic E-state index is -0.463. The van der Waals surface area contributed by atoms with E-state index in [1.165, 1.54) is 0 Å². The third-order valence-electron chi connectivity index (χ3n) is 5.32. The molecule has 0 radical (unpaired) electrons. The molecular formula is C15H24N4O4. The van der Waals surface area contributed by atoms with Gasteiger partial charge >= 0.3 is 6.03 Å². The number of hydrogen-bond donors (Lipinski definition) is 3. The second-order valence-electron chi connectivity index (χ2n) is 6.77. The predicted octanol–water partition coefficient (Wildman–Crippen LogP) is -1.11. The molecule has 0 saturated carbocycles. The highest BCUT2D eigenvalue weighted by Gasteiger charge is 2.42. The molecule has 0 aromatic heterocycles. The summed E-state index contributed by atoms with van der Waals surface area (Å²) in [4.78, 5) is 39.0. The van der Waals surface area contributed by atoms with E-state index in [4.69, 9.17) is 5.11 Å². The van der Waals surface area contributed by atoms with Crippen LogP contribution in [0, 0.1) is 5.41 Å². The number of aliphatic hydroxyl groups excluding tert-OH is 1. The van der Waals surface area contributed by atoms with Crippen molar-refractivity contribution >= 4 is 17.8 Å². The van der Waals surface area contributed by atoms with Crippen LogP contribution in [0.3, 0.4) is 0 Å². The van der Waals surface area contributed by atoms with Gasteiger partial charge in [-0.2, -0.15) is 0 Å². The maximum Gasteiger partial charge on any atom is 0.315 e. The molecule has 0 aromatic carbocycles. The summed E-state index contributed by atoms with van der Waals surface area (Å²) in [6.45, 7) is 2.72. The summed E-state index contributed by atoms with van der Waals surface area (Å²) in [6, 6.07) is -0.752. The van der Waals surface area contributed by atoms with Crippen molar-refractivity contribution in [2.45, 2.75) is 31.7 Å². The lowest BCUT2D eigenvalue weighted by Gasteiger charge is -2.47. The highest BCUT2D eigenvalue weighted by atomic mass is 16.3. The molecule has 0 aliphatic carbocycles. The first kappa shape index (κ1) is 16.0. The summed E-state index contributed by atoms with van der Waals surface area (Å²) in [5, 5.41) is 14.3. The topological polar surface area (TPSA) is 102 Å². The third kappa shape index (κ3) is 3.26. The van der Waals surface area contributed by atoms with Crippen LogP contribution in [0.25, 0.3) is 0 Å². The van der Waals surface area contributed by atoms with Gasteiger partial charge in [-0.25, -0.2) is 4.79 Å². The molecule has 0 aromatic rings. The van der Waals surface area contributed by atoms with E-state index in [0.717, 1.165) is 19.3 Å². The fraction of sp³-hybridized carbons (Fsp3) is 0.800. The van der Waals surface area contributed by atoms with Gasteiger partial charge in [0.25, 0.3) is 0 Å². The lowest BCUT2D eigenvalue weighted by molar-refractivity contribution is -0.143. The minimum Gasteiger partial charge on any atom is -0.395 e. The van der Waals surface area contributed by atoms with E-state index in [1.54, 1.807) is 4.90 Å². The van der Waals surface area contributed by atoms with Crippen molar-refractivity contribution in [1.29, 1.82) is 0 Å². The Bertz CT molecular complexity index is 502. The molecule has 8 heteroatoms. The summed E-state index contributed by atoms with van der Waals surface area (Å²) >= 11 is 0. The van der Waals surface area contributed by atoms with Gasteiger partial charge in [0, 0.05) is 39.1 Å². The molecule has 4 amide bonds. The van der Waals surface area contributed by atoms with E-state index in [0.29, 0.717) is 39.1 Å². The number of urea groups is 1. The summed E-state index contributed by atoms with van der Waals surface area (Å²) in [7, 11) is 0. The standard InChI is InChI=1S/C15H24N4O4/c20-8-7-19-10-15(2-1-12(19)21)3-5-18(6-4-15)13(22)11-9-16-14(23)17-11/h11,20H,1-10H2,(H2,16,17,23)/t11-/m0/s1. The van der Waals surface area contributed by atoms with Crippen LogP contribution in [0.5, 0.6) is 0 Å². The highest BCUT2D eigenvalue weighted by Crippen LogP contribution is 2.40. The fourth-order valence-electron chi connectivity index (χ4n) is 3.86. The van der Waals surface area contributed by atoms with Crippen LogP contribution in [0.1, 0.15) is 25.7 Å². The van der Waals surface area contributed by atoms with Crippen molar-refractivity contribution in [2.75, 3.05) is 39.3 Å². The zero-order valence-corrected chi connectivity index (χ0v) is 13.2. The van der Waals surface area contributed by atoms with E-state index in [2.05, 4.69) is 10.6 Å². The first-order valence-electron chi connectivity index (χ1n) is 8.25. The van der Waals surface area contributed by atoms with Gasteiger partial charge < -0.3 is 25.5 Å². The average Bonchev–Trinajstić information content (AvgIpc) is 2.98. The summed E-state index contributed by atoms with van der Waals surface area (Å²) < 4.78 is 0. The van der Waals surface area contributed by atoms with Crippen molar-refractivity contribution in [2.24, 2.45) is 5.41 Å². The second-order valence-corrected chi connectivity index (χ2v) is 6.77. The van der Waals surface area contributed by atoms with E-state index >= 15 is 0 Å². The van der Waals surface area contributed by atoms with Crippen molar-refractivity contribution in [3.63, 3.8) is 0 Å². The van der Waals surface area contributed by atoms with E-state index in [9.17, 15) is 14.4 Å². The van der Waals surface area contributed by atoms with Gasteiger partial charge in [0.05, 0.1) is 6.61 Å². The Labute approximate surface area is 135 Å².